The number of aryl methyl sites for hydroxylation is 1. The Bertz CT molecular complexity index is 700. The highest BCUT2D eigenvalue weighted by Gasteiger charge is 2.31. The molecule has 0 unspecified atom stereocenters. The number of anilines is 2. The first-order valence-corrected chi connectivity index (χ1v) is 6.72. The Morgan fingerprint density at radius 2 is 2.10 bits per heavy atom. The number of thiazole rings is 1. The second-order valence-electron chi connectivity index (χ2n) is 4.06. The number of rotatable bonds is 3. The Morgan fingerprint density at radius 3 is 2.57 bits per heavy atom. The molecule has 2 aromatic rings. The first-order chi connectivity index (χ1) is 9.68. The molecule has 0 saturated carbocycles. The van der Waals surface area contributed by atoms with E-state index in [9.17, 15) is 18.0 Å². The second kappa shape index (κ2) is 5.53. The Hall–Kier alpha value is -1.80. The van der Waals surface area contributed by atoms with E-state index < -0.39 is 17.7 Å². The van der Waals surface area contributed by atoms with E-state index in [1.54, 1.807) is 0 Å². The van der Waals surface area contributed by atoms with Gasteiger partial charge in [0.2, 0.25) is 0 Å². The van der Waals surface area contributed by atoms with Crippen molar-refractivity contribution in [3.63, 3.8) is 0 Å². The maximum atomic E-state index is 12.5. The lowest BCUT2D eigenvalue weighted by molar-refractivity contribution is -0.137. The van der Waals surface area contributed by atoms with Gasteiger partial charge in [0.05, 0.1) is 22.0 Å². The van der Waals surface area contributed by atoms with Crippen LogP contribution < -0.4 is 5.32 Å². The van der Waals surface area contributed by atoms with E-state index in [4.69, 9.17) is 16.7 Å². The Morgan fingerprint density at radius 1 is 1.43 bits per heavy atom. The molecular formula is C12H8ClF3N2O2S. The van der Waals surface area contributed by atoms with Crippen LogP contribution in [0.5, 0.6) is 0 Å². The molecule has 9 heteroatoms. The van der Waals surface area contributed by atoms with Crippen LogP contribution in [0.4, 0.5) is 24.0 Å². The number of carboxylic acid groups (broad SMARTS) is 1. The molecule has 0 atom stereocenters. The van der Waals surface area contributed by atoms with Crippen LogP contribution in [0.25, 0.3) is 0 Å². The lowest BCUT2D eigenvalue weighted by atomic mass is 10.2. The highest BCUT2D eigenvalue weighted by Crippen LogP contribution is 2.35. The molecule has 0 aliphatic carbocycles. The number of aromatic nitrogens is 1. The normalized spacial score (nSPS) is 11.5. The van der Waals surface area contributed by atoms with Crippen molar-refractivity contribution >= 4 is 39.7 Å². The zero-order chi connectivity index (χ0) is 15.8. The molecule has 0 bridgehead atoms. The summed E-state index contributed by atoms with van der Waals surface area (Å²) in [6, 6.07) is 2.84. The highest BCUT2D eigenvalue weighted by atomic mass is 35.5. The summed E-state index contributed by atoms with van der Waals surface area (Å²) in [6.07, 6.45) is -4.48. The van der Waals surface area contributed by atoms with Crippen molar-refractivity contribution in [2.45, 2.75) is 13.1 Å². The topological polar surface area (TPSA) is 62.2 Å². The third-order valence-corrected chi connectivity index (χ3v) is 3.90. The molecule has 1 aromatic carbocycles. The molecule has 2 rings (SSSR count). The minimum Gasteiger partial charge on any atom is -0.477 e. The van der Waals surface area contributed by atoms with Crippen molar-refractivity contribution < 1.29 is 23.1 Å². The fourth-order valence-corrected chi connectivity index (χ4v) is 2.60. The molecule has 0 fully saturated rings. The van der Waals surface area contributed by atoms with Crippen molar-refractivity contribution in [2.75, 3.05) is 5.32 Å². The summed E-state index contributed by atoms with van der Waals surface area (Å²) in [5, 5.41) is 11.7. The van der Waals surface area contributed by atoms with Crippen LogP contribution in [0, 0.1) is 6.92 Å². The standard InChI is InChI=1S/C12H8ClF3N2O2S/c1-5-9(10(19)20)21-11(17-5)18-8-3-2-6(4-7(8)13)12(14,15)16/h2-4H,1H3,(H,17,18)(H,19,20). The van der Waals surface area contributed by atoms with Gasteiger partial charge in [-0.15, -0.1) is 0 Å². The van der Waals surface area contributed by atoms with Crippen LogP contribution in [0.3, 0.4) is 0 Å². The zero-order valence-electron chi connectivity index (χ0n) is 10.5. The summed E-state index contributed by atoms with van der Waals surface area (Å²) in [6.45, 7) is 1.53. The van der Waals surface area contributed by atoms with Gasteiger partial charge >= 0.3 is 12.1 Å². The predicted molar refractivity (Wildman–Crippen MR) is 73.5 cm³/mol. The van der Waals surface area contributed by atoms with E-state index in [0.717, 1.165) is 23.5 Å². The average Bonchev–Trinajstić information content (AvgIpc) is 2.71. The van der Waals surface area contributed by atoms with E-state index in [1.165, 1.54) is 13.0 Å². The van der Waals surface area contributed by atoms with Crippen LogP contribution in [0.1, 0.15) is 20.9 Å². The van der Waals surface area contributed by atoms with Gasteiger partial charge < -0.3 is 10.4 Å². The summed E-state index contributed by atoms with van der Waals surface area (Å²) in [7, 11) is 0. The van der Waals surface area contributed by atoms with Crippen molar-refractivity contribution in [3.8, 4) is 0 Å². The third kappa shape index (κ3) is 3.45. The largest absolute Gasteiger partial charge is 0.477 e. The lowest BCUT2D eigenvalue weighted by Gasteiger charge is -2.10. The Kier molecular flexibility index (Phi) is 4.11. The fraction of sp³-hybridized carbons (Fsp3) is 0.167. The van der Waals surface area contributed by atoms with Crippen LogP contribution in [-0.2, 0) is 6.18 Å². The Labute approximate surface area is 126 Å². The minimum atomic E-state index is -4.48. The van der Waals surface area contributed by atoms with Gasteiger partial charge in [-0.1, -0.05) is 22.9 Å². The maximum absolute atomic E-state index is 12.5. The van der Waals surface area contributed by atoms with Gasteiger partial charge in [0.25, 0.3) is 0 Å². The number of hydrogen-bond donors (Lipinski definition) is 2. The molecular weight excluding hydrogens is 329 g/mol. The van der Waals surface area contributed by atoms with E-state index in [2.05, 4.69) is 10.3 Å². The summed E-state index contributed by atoms with van der Waals surface area (Å²) in [4.78, 5) is 14.9. The van der Waals surface area contributed by atoms with Gasteiger partial charge in [-0.3, -0.25) is 0 Å². The van der Waals surface area contributed by atoms with Crippen LogP contribution in [-0.4, -0.2) is 16.1 Å². The molecule has 0 radical (unpaired) electrons. The van der Waals surface area contributed by atoms with Gasteiger partial charge in [-0.2, -0.15) is 13.2 Å². The maximum Gasteiger partial charge on any atom is 0.416 e. The van der Waals surface area contributed by atoms with Crippen molar-refractivity contribution in [1.82, 2.24) is 4.98 Å². The minimum absolute atomic E-state index is 0.0561. The molecule has 0 saturated heterocycles. The number of alkyl halides is 3. The fourth-order valence-electron chi connectivity index (χ4n) is 1.56. The first kappa shape index (κ1) is 15.6. The second-order valence-corrected chi connectivity index (χ2v) is 5.46. The molecule has 4 nitrogen and oxygen atoms in total. The number of carbonyl (C=O) groups is 1. The van der Waals surface area contributed by atoms with Gasteiger partial charge in [0.1, 0.15) is 4.88 Å². The van der Waals surface area contributed by atoms with E-state index in [1.807, 2.05) is 0 Å². The molecule has 0 aliphatic heterocycles. The molecule has 2 N–H and O–H groups in total. The molecule has 0 amide bonds. The van der Waals surface area contributed by atoms with Gasteiger partial charge in [-0.05, 0) is 25.1 Å². The molecule has 1 aromatic heterocycles. The van der Waals surface area contributed by atoms with Gasteiger partial charge in [0.15, 0.2) is 5.13 Å². The number of carboxylic acids is 1. The Balaban J connectivity index is 2.28. The van der Waals surface area contributed by atoms with Crippen LogP contribution >= 0.6 is 22.9 Å². The number of hydrogen-bond acceptors (Lipinski definition) is 4. The molecule has 21 heavy (non-hydrogen) atoms. The van der Waals surface area contributed by atoms with E-state index in [0.29, 0.717) is 5.69 Å². The highest BCUT2D eigenvalue weighted by molar-refractivity contribution is 7.17. The number of halogens is 4. The number of aromatic carboxylic acids is 1. The number of benzene rings is 1. The van der Waals surface area contributed by atoms with Crippen molar-refractivity contribution in [3.05, 3.63) is 39.4 Å². The average molecular weight is 337 g/mol. The number of nitrogens with one attached hydrogen (secondary N) is 1. The van der Waals surface area contributed by atoms with E-state index >= 15 is 0 Å². The van der Waals surface area contributed by atoms with Crippen LogP contribution in [0.2, 0.25) is 5.02 Å². The first-order valence-electron chi connectivity index (χ1n) is 5.53. The van der Waals surface area contributed by atoms with Crippen molar-refractivity contribution in [1.29, 1.82) is 0 Å². The lowest BCUT2D eigenvalue weighted by Crippen LogP contribution is -2.05. The predicted octanol–water partition coefficient (Wildman–Crippen LogP) is 4.57. The summed E-state index contributed by atoms with van der Waals surface area (Å²) >= 11 is 6.67. The summed E-state index contributed by atoms with van der Waals surface area (Å²) in [5.41, 5.74) is -0.326. The summed E-state index contributed by atoms with van der Waals surface area (Å²) < 4.78 is 37.6. The summed E-state index contributed by atoms with van der Waals surface area (Å²) in [5.74, 6) is -1.11. The SMILES string of the molecule is Cc1nc(Nc2ccc(C(F)(F)F)cc2Cl)sc1C(=O)O. The monoisotopic (exact) mass is 336 g/mol. The molecule has 0 aliphatic rings. The number of nitrogens with zero attached hydrogens (tertiary/aromatic N) is 1. The third-order valence-electron chi connectivity index (χ3n) is 2.53. The van der Waals surface area contributed by atoms with Gasteiger partial charge in [0, 0.05) is 0 Å². The quantitative estimate of drug-likeness (QED) is 0.862. The van der Waals surface area contributed by atoms with Crippen LogP contribution in [0.15, 0.2) is 18.2 Å². The van der Waals surface area contributed by atoms with Gasteiger partial charge in [-0.25, -0.2) is 9.78 Å². The van der Waals surface area contributed by atoms with E-state index in [-0.39, 0.29) is 20.7 Å². The smallest absolute Gasteiger partial charge is 0.416 e. The van der Waals surface area contributed by atoms with Crippen molar-refractivity contribution in [2.24, 2.45) is 0 Å². The molecule has 0 spiro atoms. The molecule has 1 heterocycles. The zero-order valence-corrected chi connectivity index (χ0v) is 12.0. The molecule has 112 valence electrons.